The van der Waals surface area contributed by atoms with Crippen LogP contribution in [0.15, 0.2) is 414 Å². The largest absolute Gasteiger partial charge is 0.309 e. The van der Waals surface area contributed by atoms with E-state index in [0.29, 0.717) is 0 Å². The minimum Gasteiger partial charge on any atom is -0.309 e. The number of aromatic nitrogens is 3. The average molecular weight is 1740 g/mol. The molecule has 0 saturated carbocycles. The first kappa shape index (κ1) is 71.0. The SMILES string of the molecule is Brc1ccccc1-c1cccc(-c2ccc3c(c2)c2ccccc2n3-c2ccc3sc4ccccc4c3c2)c1.Brc1ccccc1-c1cccc(-c2ccc3c(c2)c2ccccc2n3-c2cccc3c2sc2ccccc23)c1.Brc1ccccc1-c1cccc(-c2ccc3c(c2)c2ccccc2n3-c2cccc3sc4ccccc4c23)c1. The molecule has 0 aliphatic rings. The molecule has 552 valence electrons. The summed E-state index contributed by atoms with van der Waals surface area (Å²) >= 11 is 16.8. The van der Waals surface area contributed by atoms with Crippen LogP contribution in [0.1, 0.15) is 0 Å². The zero-order valence-corrected chi connectivity index (χ0v) is 70.0. The lowest BCUT2D eigenvalue weighted by Gasteiger charge is -2.11. The Morgan fingerprint density at radius 1 is 0.179 bits per heavy atom. The highest BCUT2D eigenvalue weighted by Gasteiger charge is 2.22. The molecule has 6 aromatic heterocycles. The molecular weight excluding hydrogens is 1680 g/mol. The summed E-state index contributed by atoms with van der Waals surface area (Å²) in [6.07, 6.45) is 0. The van der Waals surface area contributed by atoms with Crippen LogP contribution >= 0.6 is 81.8 Å². The molecule has 0 saturated heterocycles. The second-order valence-electron chi connectivity index (χ2n) is 29.7. The molecule has 9 heteroatoms. The van der Waals surface area contributed by atoms with Gasteiger partial charge in [-0.25, -0.2) is 0 Å². The van der Waals surface area contributed by atoms with Gasteiger partial charge in [0.15, 0.2) is 0 Å². The van der Waals surface area contributed by atoms with Crippen molar-refractivity contribution in [3.63, 3.8) is 0 Å². The van der Waals surface area contributed by atoms with Crippen molar-refractivity contribution in [1.29, 1.82) is 0 Å². The predicted molar refractivity (Wildman–Crippen MR) is 517 cm³/mol. The molecule has 0 aliphatic heterocycles. The average Bonchev–Trinajstić information content (AvgIpc) is 1.58. The highest BCUT2D eigenvalue weighted by atomic mass is 79.9. The van der Waals surface area contributed by atoms with E-state index in [4.69, 9.17) is 0 Å². The van der Waals surface area contributed by atoms with Crippen molar-refractivity contribution in [2.45, 2.75) is 0 Å². The predicted octanol–water partition coefficient (Wildman–Crippen LogP) is 33.7. The Balaban J connectivity index is 0.000000106. The molecule has 18 aromatic carbocycles. The molecule has 24 rings (SSSR count). The van der Waals surface area contributed by atoms with Gasteiger partial charge in [0.2, 0.25) is 0 Å². The summed E-state index contributed by atoms with van der Waals surface area (Å²) in [7, 11) is 0. The van der Waals surface area contributed by atoms with Crippen molar-refractivity contribution in [2.75, 3.05) is 0 Å². The maximum absolute atomic E-state index is 3.73. The molecule has 0 atom stereocenters. The summed E-state index contributed by atoms with van der Waals surface area (Å²) in [6.45, 7) is 0. The fourth-order valence-corrected chi connectivity index (χ4v) is 22.6. The molecule has 24 aromatic rings. The van der Waals surface area contributed by atoms with Gasteiger partial charge in [-0.1, -0.05) is 303 Å². The molecule has 0 bridgehead atoms. The number of para-hydroxylation sites is 3. The van der Waals surface area contributed by atoms with Gasteiger partial charge in [-0.05, 0) is 212 Å². The third kappa shape index (κ3) is 12.5. The molecule has 0 fully saturated rings. The van der Waals surface area contributed by atoms with Crippen LogP contribution in [0, 0.1) is 0 Å². The fourth-order valence-electron chi connectivity index (χ4n) is 17.6. The minimum atomic E-state index is 1.11. The van der Waals surface area contributed by atoms with Crippen molar-refractivity contribution in [3.05, 3.63) is 414 Å². The van der Waals surface area contributed by atoms with E-state index in [9.17, 15) is 0 Å². The first-order chi connectivity index (χ1) is 57.8. The molecule has 0 amide bonds. The molecule has 3 nitrogen and oxygen atoms in total. The number of halogens is 3. The van der Waals surface area contributed by atoms with E-state index in [1.165, 1.54) is 210 Å². The van der Waals surface area contributed by atoms with Gasteiger partial charge in [0, 0.05) is 107 Å². The fraction of sp³-hybridized carbons (Fsp3) is 0. The number of thiophene rings is 3. The van der Waals surface area contributed by atoms with E-state index in [1.807, 2.05) is 34.0 Å². The first-order valence-corrected chi connectivity index (χ1v) is 44.0. The number of nitrogens with zero attached hydrogens (tertiary/aromatic N) is 3. The van der Waals surface area contributed by atoms with Crippen LogP contribution in [-0.2, 0) is 0 Å². The zero-order chi connectivity index (χ0) is 77.8. The van der Waals surface area contributed by atoms with E-state index in [-0.39, 0.29) is 0 Å². The normalized spacial score (nSPS) is 11.7. The second kappa shape index (κ2) is 29.6. The Morgan fingerprint density at radius 3 is 1.01 bits per heavy atom. The molecule has 0 spiro atoms. The molecular formula is C108H66Br3N3S3. The van der Waals surface area contributed by atoms with Gasteiger partial charge in [-0.3, -0.25) is 0 Å². The van der Waals surface area contributed by atoms with Gasteiger partial charge >= 0.3 is 0 Å². The molecule has 0 radical (unpaired) electrons. The summed E-state index contributed by atoms with van der Waals surface area (Å²) in [6, 6.07) is 145. The maximum Gasteiger partial charge on any atom is 0.0640 e. The lowest BCUT2D eigenvalue weighted by molar-refractivity contribution is 1.19. The van der Waals surface area contributed by atoms with Crippen LogP contribution in [0.2, 0.25) is 0 Å². The Kier molecular flexibility index (Phi) is 18.0. The highest BCUT2D eigenvalue weighted by Crippen LogP contribution is 2.47. The monoisotopic (exact) mass is 1740 g/mol. The second-order valence-corrected chi connectivity index (χ2v) is 35.5. The van der Waals surface area contributed by atoms with Gasteiger partial charge in [0.05, 0.1) is 49.2 Å². The minimum absolute atomic E-state index is 1.11. The summed E-state index contributed by atoms with van der Waals surface area (Å²) in [5.41, 5.74) is 25.6. The number of hydrogen-bond acceptors (Lipinski definition) is 3. The van der Waals surface area contributed by atoms with Crippen molar-refractivity contribution < 1.29 is 0 Å². The zero-order valence-electron chi connectivity index (χ0n) is 62.8. The van der Waals surface area contributed by atoms with E-state index >= 15 is 0 Å². The van der Waals surface area contributed by atoms with E-state index in [0.717, 1.165) is 13.4 Å². The number of benzene rings is 18. The van der Waals surface area contributed by atoms with Crippen LogP contribution in [-0.4, -0.2) is 13.7 Å². The van der Waals surface area contributed by atoms with Crippen LogP contribution in [0.25, 0.3) is 210 Å². The van der Waals surface area contributed by atoms with Crippen molar-refractivity contribution in [3.8, 4) is 83.8 Å². The third-order valence-corrected chi connectivity index (χ3v) is 28.6. The van der Waals surface area contributed by atoms with Crippen molar-refractivity contribution >= 4 is 208 Å². The quantitative estimate of drug-likeness (QED) is 0.137. The van der Waals surface area contributed by atoms with Gasteiger partial charge in [0.1, 0.15) is 0 Å². The summed E-state index contributed by atoms with van der Waals surface area (Å²) in [5.74, 6) is 0. The van der Waals surface area contributed by atoms with Gasteiger partial charge in [0.25, 0.3) is 0 Å². The summed E-state index contributed by atoms with van der Waals surface area (Å²) < 4.78 is 18.6. The lowest BCUT2D eigenvalue weighted by atomic mass is 9.98. The third-order valence-electron chi connectivity index (χ3n) is 23.0. The van der Waals surface area contributed by atoms with E-state index in [2.05, 4.69) is 462 Å². The Hall–Kier alpha value is -12.5. The molecule has 0 N–H and O–H groups in total. The standard InChI is InChI=1S/3C36H22BrNS/c37-31-15-4-1-11-26(31)25-10-7-9-23(21-25)24-19-20-33-30(22-24)27-12-2-5-16-32(27)38(33)34-17-8-14-29-28-13-3-6-18-35(28)39-36(29)34;37-30-14-4-1-11-26(30)25-10-7-9-23(21-25)24-19-20-32-29(22-24)27-12-2-5-15-31(27)38(32)33-16-8-18-35-36(33)28-13-3-6-17-34(28)39-35;37-32-13-4-1-10-27(32)25-9-7-8-23(20-25)24-16-18-34-30(21-24)28-11-2-5-14-33(28)38(34)26-17-19-36-31(22-26)29-12-3-6-15-35(29)39-36/h3*1-22H. The summed E-state index contributed by atoms with van der Waals surface area (Å²) in [4.78, 5) is 0. The van der Waals surface area contributed by atoms with Crippen LogP contribution < -0.4 is 0 Å². The van der Waals surface area contributed by atoms with E-state index in [1.54, 1.807) is 0 Å². The first-order valence-electron chi connectivity index (χ1n) is 39.2. The van der Waals surface area contributed by atoms with Crippen LogP contribution in [0.4, 0.5) is 0 Å². The van der Waals surface area contributed by atoms with E-state index < -0.39 is 0 Å². The molecule has 0 aliphatic carbocycles. The Morgan fingerprint density at radius 2 is 0.504 bits per heavy atom. The van der Waals surface area contributed by atoms with Gasteiger partial charge in [-0.15, -0.1) is 34.0 Å². The number of hydrogen-bond donors (Lipinski definition) is 0. The van der Waals surface area contributed by atoms with Crippen LogP contribution in [0.5, 0.6) is 0 Å². The van der Waals surface area contributed by atoms with Gasteiger partial charge in [-0.2, -0.15) is 0 Å². The smallest absolute Gasteiger partial charge is 0.0640 e. The van der Waals surface area contributed by atoms with Crippen LogP contribution in [0.3, 0.4) is 0 Å². The number of rotatable bonds is 9. The Labute approximate surface area is 712 Å². The Bertz CT molecular complexity index is 8090. The number of fused-ring (bicyclic) bond motifs is 18. The molecule has 0 unspecified atom stereocenters. The maximum atomic E-state index is 3.73. The van der Waals surface area contributed by atoms with Crippen molar-refractivity contribution in [1.82, 2.24) is 13.7 Å². The topological polar surface area (TPSA) is 14.8 Å². The van der Waals surface area contributed by atoms with Crippen molar-refractivity contribution in [2.24, 2.45) is 0 Å². The molecule has 117 heavy (non-hydrogen) atoms. The summed E-state index contributed by atoms with van der Waals surface area (Å²) in [5, 5.41) is 15.6. The highest BCUT2D eigenvalue weighted by molar-refractivity contribution is 9.11. The lowest BCUT2D eigenvalue weighted by Crippen LogP contribution is -1.94. The molecule has 6 heterocycles. The van der Waals surface area contributed by atoms with Gasteiger partial charge < -0.3 is 13.7 Å².